The first-order valence-corrected chi connectivity index (χ1v) is 10.5. The highest BCUT2D eigenvalue weighted by atomic mass is 16.5. The van der Waals surface area contributed by atoms with Gasteiger partial charge in [-0.1, -0.05) is 50.3 Å². The molecule has 27 heavy (non-hydrogen) atoms. The van der Waals surface area contributed by atoms with Crippen LogP contribution in [0.25, 0.3) is 6.08 Å². The van der Waals surface area contributed by atoms with Crippen LogP contribution in [-0.2, 0) is 9.53 Å². The van der Waals surface area contributed by atoms with E-state index in [0.29, 0.717) is 18.4 Å². The number of piperidine rings is 1. The smallest absolute Gasteiger partial charge is 0.236 e. The summed E-state index contributed by atoms with van der Waals surface area (Å²) in [6, 6.07) is 8.94. The van der Waals surface area contributed by atoms with E-state index >= 15 is 0 Å². The second kappa shape index (κ2) is 10.0. The maximum Gasteiger partial charge on any atom is 0.236 e. The zero-order chi connectivity index (χ0) is 19.1. The third-order valence-corrected chi connectivity index (χ3v) is 6.03. The Labute approximate surface area is 164 Å². The van der Waals surface area contributed by atoms with Crippen LogP contribution in [0.3, 0.4) is 0 Å². The maximum absolute atomic E-state index is 12.5. The average Bonchev–Trinajstić information content (AvgIpc) is 2.73. The minimum atomic E-state index is 0.278. The highest BCUT2D eigenvalue weighted by molar-refractivity contribution is 5.78. The van der Waals surface area contributed by atoms with Gasteiger partial charge in [0.15, 0.2) is 0 Å². The molecule has 1 aromatic rings. The lowest BCUT2D eigenvalue weighted by Crippen LogP contribution is -2.46. The quantitative estimate of drug-likeness (QED) is 0.764. The number of likely N-dealkylation sites (tertiary alicyclic amines) is 1. The van der Waals surface area contributed by atoms with Crippen LogP contribution in [-0.4, -0.2) is 61.6 Å². The summed E-state index contributed by atoms with van der Waals surface area (Å²) >= 11 is 0. The summed E-state index contributed by atoms with van der Waals surface area (Å²) in [5.74, 6) is 1.48. The Balaban J connectivity index is 1.43. The fourth-order valence-electron chi connectivity index (χ4n) is 3.81. The standard InChI is InChI=1S/C23H34N2O2/c1-3-19(2)22-8-6-20(7-9-22)4-5-21-10-12-25(13-11-21)23(26)18-24-14-16-27-17-15-24/h4-9,19,21H,3,10-18H2,1-2H3/b5-4+/t19-/m0/s1. The third-order valence-electron chi connectivity index (χ3n) is 6.03. The van der Waals surface area contributed by atoms with Crippen LogP contribution in [0.15, 0.2) is 30.3 Å². The molecule has 0 radical (unpaired) electrons. The van der Waals surface area contributed by atoms with E-state index in [0.717, 1.165) is 52.2 Å². The predicted octanol–water partition coefficient (Wildman–Crippen LogP) is 3.78. The van der Waals surface area contributed by atoms with E-state index in [4.69, 9.17) is 4.74 Å². The van der Waals surface area contributed by atoms with Crippen molar-refractivity contribution >= 4 is 12.0 Å². The number of hydrogen-bond donors (Lipinski definition) is 0. The Morgan fingerprint density at radius 1 is 1.15 bits per heavy atom. The number of ether oxygens (including phenoxy) is 1. The Kier molecular flexibility index (Phi) is 7.48. The molecule has 2 heterocycles. The summed E-state index contributed by atoms with van der Waals surface area (Å²) in [5.41, 5.74) is 2.69. The summed E-state index contributed by atoms with van der Waals surface area (Å²) in [7, 11) is 0. The lowest BCUT2D eigenvalue weighted by molar-refractivity contribution is -0.134. The van der Waals surface area contributed by atoms with Crippen molar-refractivity contribution in [3.63, 3.8) is 0 Å². The summed E-state index contributed by atoms with van der Waals surface area (Å²) in [5, 5.41) is 0. The average molecular weight is 371 g/mol. The van der Waals surface area contributed by atoms with E-state index in [1.54, 1.807) is 0 Å². The van der Waals surface area contributed by atoms with Gasteiger partial charge < -0.3 is 9.64 Å². The molecular formula is C23H34N2O2. The van der Waals surface area contributed by atoms with Gasteiger partial charge in [-0.15, -0.1) is 0 Å². The van der Waals surface area contributed by atoms with Gasteiger partial charge >= 0.3 is 0 Å². The predicted molar refractivity (Wildman–Crippen MR) is 111 cm³/mol. The summed E-state index contributed by atoms with van der Waals surface area (Å²) in [6.45, 7) is 10.1. The van der Waals surface area contributed by atoms with E-state index in [1.165, 1.54) is 17.5 Å². The molecule has 0 spiro atoms. The fraction of sp³-hybridized carbons (Fsp3) is 0.609. The molecule has 1 amide bonds. The Bertz CT molecular complexity index is 612. The van der Waals surface area contributed by atoms with E-state index in [1.807, 2.05) is 4.90 Å². The van der Waals surface area contributed by atoms with Gasteiger partial charge in [0.05, 0.1) is 19.8 Å². The molecule has 0 aromatic heterocycles. The molecule has 2 aliphatic heterocycles. The summed E-state index contributed by atoms with van der Waals surface area (Å²) < 4.78 is 5.35. The van der Waals surface area contributed by atoms with Gasteiger partial charge in [0.25, 0.3) is 0 Å². The first-order chi connectivity index (χ1) is 13.2. The lowest BCUT2D eigenvalue weighted by atomic mass is 9.94. The second-order valence-corrected chi connectivity index (χ2v) is 7.94. The zero-order valence-corrected chi connectivity index (χ0v) is 16.9. The second-order valence-electron chi connectivity index (χ2n) is 7.94. The van der Waals surface area contributed by atoms with Crippen LogP contribution in [0.4, 0.5) is 0 Å². The van der Waals surface area contributed by atoms with Crippen LogP contribution in [0.5, 0.6) is 0 Å². The molecule has 0 unspecified atom stereocenters. The first-order valence-electron chi connectivity index (χ1n) is 10.5. The van der Waals surface area contributed by atoms with Gasteiger partial charge in [0.2, 0.25) is 5.91 Å². The highest BCUT2D eigenvalue weighted by Crippen LogP contribution is 2.22. The maximum atomic E-state index is 12.5. The van der Waals surface area contributed by atoms with Crippen LogP contribution in [0, 0.1) is 5.92 Å². The molecule has 0 N–H and O–H groups in total. The Morgan fingerprint density at radius 2 is 1.81 bits per heavy atom. The molecule has 1 atom stereocenters. The number of carbonyl (C=O) groups is 1. The minimum Gasteiger partial charge on any atom is -0.379 e. The minimum absolute atomic E-state index is 0.278. The topological polar surface area (TPSA) is 32.8 Å². The highest BCUT2D eigenvalue weighted by Gasteiger charge is 2.23. The number of nitrogens with zero attached hydrogens (tertiary/aromatic N) is 2. The van der Waals surface area contributed by atoms with Gasteiger partial charge in [0.1, 0.15) is 0 Å². The molecule has 2 saturated heterocycles. The third kappa shape index (κ3) is 5.91. The van der Waals surface area contributed by atoms with Crippen LogP contribution in [0.2, 0.25) is 0 Å². The van der Waals surface area contributed by atoms with Crippen molar-refractivity contribution in [1.29, 1.82) is 0 Å². The molecule has 2 aliphatic rings. The van der Waals surface area contributed by atoms with Crippen molar-refractivity contribution in [1.82, 2.24) is 9.80 Å². The zero-order valence-electron chi connectivity index (χ0n) is 16.9. The largest absolute Gasteiger partial charge is 0.379 e. The van der Waals surface area contributed by atoms with Crippen molar-refractivity contribution in [2.75, 3.05) is 45.9 Å². The fourth-order valence-corrected chi connectivity index (χ4v) is 3.81. The number of rotatable bonds is 6. The van der Waals surface area contributed by atoms with Crippen molar-refractivity contribution in [3.8, 4) is 0 Å². The van der Waals surface area contributed by atoms with Crippen molar-refractivity contribution < 1.29 is 9.53 Å². The van der Waals surface area contributed by atoms with E-state index < -0.39 is 0 Å². The first kappa shape index (κ1) is 20.1. The lowest BCUT2D eigenvalue weighted by Gasteiger charge is -2.33. The van der Waals surface area contributed by atoms with E-state index in [-0.39, 0.29) is 5.91 Å². The van der Waals surface area contributed by atoms with Crippen LogP contribution >= 0.6 is 0 Å². The molecular weight excluding hydrogens is 336 g/mol. The van der Waals surface area contributed by atoms with E-state index in [9.17, 15) is 4.79 Å². The number of carbonyl (C=O) groups excluding carboxylic acids is 1. The van der Waals surface area contributed by atoms with E-state index in [2.05, 4.69) is 55.2 Å². The molecule has 0 saturated carbocycles. The Hall–Kier alpha value is -1.65. The van der Waals surface area contributed by atoms with Crippen molar-refractivity contribution in [2.45, 2.75) is 39.0 Å². The molecule has 2 fully saturated rings. The molecule has 0 aliphatic carbocycles. The van der Waals surface area contributed by atoms with Gasteiger partial charge in [-0.05, 0) is 42.2 Å². The van der Waals surface area contributed by atoms with Gasteiger partial charge in [-0.3, -0.25) is 9.69 Å². The molecule has 1 aromatic carbocycles. The monoisotopic (exact) mass is 370 g/mol. The van der Waals surface area contributed by atoms with Crippen molar-refractivity contribution in [3.05, 3.63) is 41.5 Å². The Morgan fingerprint density at radius 3 is 2.44 bits per heavy atom. The normalized spacial score (nSPS) is 20.9. The van der Waals surface area contributed by atoms with Crippen LogP contribution in [0.1, 0.15) is 50.2 Å². The number of morpholine rings is 1. The van der Waals surface area contributed by atoms with Crippen molar-refractivity contribution in [2.24, 2.45) is 5.92 Å². The molecule has 4 nitrogen and oxygen atoms in total. The molecule has 0 bridgehead atoms. The van der Waals surface area contributed by atoms with Gasteiger partial charge in [0, 0.05) is 26.2 Å². The molecule has 148 valence electrons. The van der Waals surface area contributed by atoms with Gasteiger partial charge in [-0.2, -0.15) is 0 Å². The summed E-state index contributed by atoms with van der Waals surface area (Å²) in [4.78, 5) is 16.7. The molecule has 4 heteroatoms. The summed E-state index contributed by atoms with van der Waals surface area (Å²) in [6.07, 6.45) is 7.89. The number of benzene rings is 1. The SMILES string of the molecule is CC[C@H](C)c1ccc(/C=C/C2CCN(C(=O)CN3CCOCC3)CC2)cc1. The number of allylic oxidation sites excluding steroid dienone is 1. The van der Waals surface area contributed by atoms with Gasteiger partial charge in [-0.25, -0.2) is 0 Å². The van der Waals surface area contributed by atoms with Crippen LogP contribution < -0.4 is 0 Å². The number of hydrogen-bond acceptors (Lipinski definition) is 3. The number of amides is 1. The molecule has 3 rings (SSSR count).